The van der Waals surface area contributed by atoms with Gasteiger partial charge in [-0.2, -0.15) is 0 Å². The van der Waals surface area contributed by atoms with Crippen LogP contribution in [0.5, 0.6) is 0 Å². The Morgan fingerprint density at radius 3 is 2.39 bits per heavy atom. The number of nitrogens with zero attached hydrogens (tertiary/aromatic N) is 1. The lowest BCUT2D eigenvalue weighted by molar-refractivity contribution is 0.0711. The maximum absolute atomic E-state index is 12.4. The SMILES string of the molecule is CCCS(=O)(=O)NC1CCN(C(=O)c2ccc(CN)cc2)CC1. The molecule has 0 saturated carbocycles. The summed E-state index contributed by atoms with van der Waals surface area (Å²) in [5, 5.41) is 0. The smallest absolute Gasteiger partial charge is 0.253 e. The number of piperidine rings is 1. The quantitative estimate of drug-likeness (QED) is 0.811. The molecule has 3 N–H and O–H groups in total. The predicted octanol–water partition coefficient (Wildman–Crippen LogP) is 1.08. The van der Waals surface area contributed by atoms with Crippen LogP contribution >= 0.6 is 0 Å². The number of nitrogens with two attached hydrogens (primary N) is 1. The van der Waals surface area contributed by atoms with Crippen molar-refractivity contribution < 1.29 is 13.2 Å². The fourth-order valence-corrected chi connectivity index (χ4v) is 4.15. The molecule has 128 valence electrons. The molecule has 7 heteroatoms. The summed E-state index contributed by atoms with van der Waals surface area (Å²) in [5.41, 5.74) is 7.19. The largest absolute Gasteiger partial charge is 0.339 e. The summed E-state index contributed by atoms with van der Waals surface area (Å²) in [5.74, 6) is 0.142. The molecule has 0 atom stereocenters. The first kappa shape index (κ1) is 17.9. The summed E-state index contributed by atoms with van der Waals surface area (Å²) >= 11 is 0. The van der Waals surface area contributed by atoms with E-state index in [1.165, 1.54) is 0 Å². The number of carbonyl (C=O) groups is 1. The zero-order valence-electron chi connectivity index (χ0n) is 13.5. The van der Waals surface area contributed by atoms with Gasteiger partial charge >= 0.3 is 0 Å². The fraction of sp³-hybridized carbons (Fsp3) is 0.562. The molecule has 6 nitrogen and oxygen atoms in total. The number of hydrogen-bond acceptors (Lipinski definition) is 4. The van der Waals surface area contributed by atoms with Crippen molar-refractivity contribution >= 4 is 15.9 Å². The van der Waals surface area contributed by atoms with Crippen LogP contribution in [0.2, 0.25) is 0 Å². The van der Waals surface area contributed by atoms with Gasteiger partial charge in [-0.1, -0.05) is 19.1 Å². The molecule has 1 aromatic carbocycles. The zero-order chi connectivity index (χ0) is 16.9. The minimum Gasteiger partial charge on any atom is -0.339 e. The summed E-state index contributed by atoms with van der Waals surface area (Å²) in [7, 11) is -3.19. The van der Waals surface area contributed by atoms with Crippen molar-refractivity contribution in [1.82, 2.24) is 9.62 Å². The van der Waals surface area contributed by atoms with Gasteiger partial charge in [0.2, 0.25) is 10.0 Å². The van der Waals surface area contributed by atoms with Crippen molar-refractivity contribution in [2.75, 3.05) is 18.8 Å². The Hall–Kier alpha value is -1.44. The van der Waals surface area contributed by atoms with Crippen LogP contribution in [-0.2, 0) is 16.6 Å². The van der Waals surface area contributed by atoms with Gasteiger partial charge in [0.25, 0.3) is 5.91 Å². The first-order valence-corrected chi connectivity index (χ1v) is 9.68. The van der Waals surface area contributed by atoms with E-state index >= 15 is 0 Å². The van der Waals surface area contributed by atoms with Crippen molar-refractivity contribution in [2.24, 2.45) is 5.73 Å². The topological polar surface area (TPSA) is 92.5 Å². The second kappa shape index (κ2) is 7.90. The van der Waals surface area contributed by atoms with Gasteiger partial charge in [0, 0.05) is 31.2 Å². The molecule has 1 fully saturated rings. The molecule has 0 spiro atoms. The fourth-order valence-electron chi connectivity index (χ4n) is 2.75. The zero-order valence-corrected chi connectivity index (χ0v) is 14.3. The molecule has 1 aliphatic heterocycles. The number of likely N-dealkylation sites (tertiary alicyclic amines) is 1. The minimum absolute atomic E-state index is 0.0107. The Labute approximate surface area is 138 Å². The monoisotopic (exact) mass is 339 g/mol. The highest BCUT2D eigenvalue weighted by Crippen LogP contribution is 2.15. The highest BCUT2D eigenvalue weighted by molar-refractivity contribution is 7.89. The van der Waals surface area contributed by atoms with Gasteiger partial charge < -0.3 is 10.6 Å². The van der Waals surface area contributed by atoms with Crippen molar-refractivity contribution in [3.8, 4) is 0 Å². The number of hydrogen-bond donors (Lipinski definition) is 2. The molecule has 1 aliphatic rings. The van der Waals surface area contributed by atoms with Gasteiger partial charge in [-0.05, 0) is 37.0 Å². The third kappa shape index (κ3) is 5.02. The molecule has 1 aromatic rings. The van der Waals surface area contributed by atoms with E-state index in [-0.39, 0.29) is 17.7 Å². The summed E-state index contributed by atoms with van der Waals surface area (Å²) < 4.78 is 26.3. The maximum atomic E-state index is 12.4. The standard InChI is InChI=1S/C16H25N3O3S/c1-2-11-23(21,22)18-15-7-9-19(10-8-15)16(20)14-5-3-13(12-17)4-6-14/h3-6,15,18H,2,7-12,17H2,1H3. The van der Waals surface area contributed by atoms with E-state index in [2.05, 4.69) is 4.72 Å². The number of benzene rings is 1. The Bertz CT molecular complexity index is 620. The van der Waals surface area contributed by atoms with E-state index in [9.17, 15) is 13.2 Å². The first-order valence-electron chi connectivity index (χ1n) is 8.03. The number of sulfonamides is 1. The molecule has 23 heavy (non-hydrogen) atoms. The molecule has 0 aromatic heterocycles. The molecule has 1 amide bonds. The third-order valence-electron chi connectivity index (χ3n) is 4.04. The number of amides is 1. The van der Waals surface area contributed by atoms with Crippen molar-refractivity contribution in [3.05, 3.63) is 35.4 Å². The Balaban J connectivity index is 1.89. The summed E-state index contributed by atoms with van der Waals surface area (Å²) in [4.78, 5) is 14.2. The molecule has 0 radical (unpaired) electrons. The van der Waals surface area contributed by atoms with E-state index in [1.807, 2.05) is 19.1 Å². The van der Waals surface area contributed by atoms with Crippen LogP contribution in [-0.4, -0.2) is 44.1 Å². The van der Waals surface area contributed by atoms with Crippen LogP contribution in [0.3, 0.4) is 0 Å². The third-order valence-corrected chi connectivity index (χ3v) is 5.68. The number of nitrogens with one attached hydrogen (secondary N) is 1. The molecular formula is C16H25N3O3S. The van der Waals surface area contributed by atoms with Gasteiger partial charge in [0.1, 0.15) is 0 Å². The van der Waals surface area contributed by atoms with Crippen LogP contribution in [0.25, 0.3) is 0 Å². The van der Waals surface area contributed by atoms with E-state index in [0.717, 1.165) is 5.56 Å². The van der Waals surface area contributed by atoms with Crippen molar-refractivity contribution in [3.63, 3.8) is 0 Å². The molecule has 0 unspecified atom stereocenters. The van der Waals surface area contributed by atoms with Gasteiger partial charge in [-0.25, -0.2) is 13.1 Å². The van der Waals surface area contributed by atoms with Crippen molar-refractivity contribution in [1.29, 1.82) is 0 Å². The maximum Gasteiger partial charge on any atom is 0.253 e. The lowest BCUT2D eigenvalue weighted by Gasteiger charge is -2.32. The molecular weight excluding hydrogens is 314 g/mol. The van der Waals surface area contributed by atoms with Gasteiger partial charge in [-0.3, -0.25) is 4.79 Å². The average molecular weight is 339 g/mol. The van der Waals surface area contributed by atoms with E-state index < -0.39 is 10.0 Å². The number of carbonyl (C=O) groups excluding carboxylic acids is 1. The second-order valence-corrected chi connectivity index (χ2v) is 7.78. The summed E-state index contributed by atoms with van der Waals surface area (Å²) in [6.45, 7) is 3.43. The van der Waals surface area contributed by atoms with Gasteiger partial charge in [0.05, 0.1) is 5.75 Å². The minimum atomic E-state index is -3.19. The van der Waals surface area contributed by atoms with Crippen LogP contribution in [0.4, 0.5) is 0 Å². The molecule has 0 aliphatic carbocycles. The first-order chi connectivity index (χ1) is 10.9. The lowest BCUT2D eigenvalue weighted by atomic mass is 10.0. The predicted molar refractivity (Wildman–Crippen MR) is 90.5 cm³/mol. The second-order valence-electron chi connectivity index (χ2n) is 5.90. The van der Waals surface area contributed by atoms with Crippen LogP contribution < -0.4 is 10.5 Å². The molecule has 1 heterocycles. The highest BCUT2D eigenvalue weighted by atomic mass is 32.2. The molecule has 1 saturated heterocycles. The lowest BCUT2D eigenvalue weighted by Crippen LogP contribution is -2.46. The van der Waals surface area contributed by atoms with E-state index in [0.29, 0.717) is 44.5 Å². The van der Waals surface area contributed by atoms with Crippen LogP contribution in [0.15, 0.2) is 24.3 Å². The molecule has 2 rings (SSSR count). The van der Waals surface area contributed by atoms with E-state index in [4.69, 9.17) is 5.73 Å². The van der Waals surface area contributed by atoms with Crippen LogP contribution in [0, 0.1) is 0 Å². The Morgan fingerprint density at radius 1 is 1.26 bits per heavy atom. The normalized spacial score (nSPS) is 16.5. The Morgan fingerprint density at radius 2 is 1.87 bits per heavy atom. The van der Waals surface area contributed by atoms with Crippen LogP contribution in [0.1, 0.15) is 42.1 Å². The average Bonchev–Trinajstić information content (AvgIpc) is 2.54. The van der Waals surface area contributed by atoms with Gasteiger partial charge in [0.15, 0.2) is 0 Å². The number of rotatable bonds is 6. The summed E-state index contributed by atoms with van der Waals surface area (Å²) in [6, 6.07) is 7.23. The van der Waals surface area contributed by atoms with Crippen molar-refractivity contribution in [2.45, 2.75) is 38.8 Å². The van der Waals surface area contributed by atoms with Gasteiger partial charge in [-0.15, -0.1) is 0 Å². The summed E-state index contributed by atoms with van der Waals surface area (Å²) in [6.07, 6.45) is 1.90. The van der Waals surface area contributed by atoms with E-state index in [1.54, 1.807) is 17.0 Å². The highest BCUT2D eigenvalue weighted by Gasteiger charge is 2.26. The Kier molecular flexibility index (Phi) is 6.15. The molecule has 0 bridgehead atoms.